The van der Waals surface area contributed by atoms with Crippen LogP contribution in [0, 0.1) is 5.92 Å². The van der Waals surface area contributed by atoms with E-state index in [-0.39, 0.29) is 0 Å². The quantitative estimate of drug-likeness (QED) is 0.501. The predicted octanol–water partition coefficient (Wildman–Crippen LogP) is 1.33. The third-order valence-electron chi connectivity index (χ3n) is 2.65. The fourth-order valence-electron chi connectivity index (χ4n) is 1.84. The van der Waals surface area contributed by atoms with Crippen molar-refractivity contribution in [3.63, 3.8) is 0 Å². The number of piperidine rings is 1. The second-order valence-electron chi connectivity index (χ2n) is 3.66. The Balaban J connectivity index is 1.89. The maximum atomic E-state index is 9.84. The SMILES string of the molecule is O=COCCCCC1CCNCC1. The van der Waals surface area contributed by atoms with Gasteiger partial charge in [0.25, 0.3) is 6.47 Å². The molecule has 3 heteroatoms. The van der Waals surface area contributed by atoms with Gasteiger partial charge in [-0.15, -0.1) is 0 Å². The average Bonchev–Trinajstić information content (AvgIpc) is 2.19. The highest BCUT2D eigenvalue weighted by Gasteiger charge is 2.11. The van der Waals surface area contributed by atoms with Gasteiger partial charge in [-0.05, 0) is 44.7 Å². The molecular formula is C10H19NO2. The van der Waals surface area contributed by atoms with Gasteiger partial charge in [-0.3, -0.25) is 4.79 Å². The number of unbranched alkanes of at least 4 members (excludes halogenated alkanes) is 1. The lowest BCUT2D eigenvalue weighted by Gasteiger charge is -2.22. The average molecular weight is 185 g/mol. The van der Waals surface area contributed by atoms with Gasteiger partial charge in [0.15, 0.2) is 0 Å². The molecule has 0 aromatic rings. The highest BCUT2D eigenvalue weighted by molar-refractivity contribution is 5.36. The summed E-state index contributed by atoms with van der Waals surface area (Å²) in [5.74, 6) is 0.900. The largest absolute Gasteiger partial charge is 0.468 e. The van der Waals surface area contributed by atoms with Crippen LogP contribution in [0.5, 0.6) is 0 Å². The van der Waals surface area contributed by atoms with E-state index in [0.29, 0.717) is 13.1 Å². The zero-order chi connectivity index (χ0) is 9.36. The number of ether oxygens (including phenoxy) is 1. The van der Waals surface area contributed by atoms with E-state index in [0.717, 1.165) is 12.3 Å². The number of hydrogen-bond acceptors (Lipinski definition) is 3. The summed E-state index contributed by atoms with van der Waals surface area (Å²) in [6, 6.07) is 0. The van der Waals surface area contributed by atoms with Gasteiger partial charge < -0.3 is 10.1 Å². The standard InChI is InChI=1S/C10H19NO2/c12-9-13-8-2-1-3-10-4-6-11-7-5-10/h9-11H,1-8H2. The fraction of sp³-hybridized carbons (Fsp3) is 0.900. The Morgan fingerprint density at radius 2 is 2.08 bits per heavy atom. The van der Waals surface area contributed by atoms with E-state index in [2.05, 4.69) is 10.1 Å². The molecule has 0 aliphatic carbocycles. The summed E-state index contributed by atoms with van der Waals surface area (Å²) >= 11 is 0. The van der Waals surface area contributed by atoms with E-state index in [1.54, 1.807) is 0 Å². The van der Waals surface area contributed by atoms with Gasteiger partial charge in [0.1, 0.15) is 0 Å². The molecule has 0 amide bonds. The molecule has 0 radical (unpaired) electrons. The van der Waals surface area contributed by atoms with Gasteiger partial charge >= 0.3 is 0 Å². The van der Waals surface area contributed by atoms with E-state index in [1.165, 1.54) is 38.8 Å². The molecule has 1 aliphatic heterocycles. The fourth-order valence-corrected chi connectivity index (χ4v) is 1.84. The molecule has 0 unspecified atom stereocenters. The lowest BCUT2D eigenvalue weighted by Crippen LogP contribution is -2.27. The van der Waals surface area contributed by atoms with Crippen molar-refractivity contribution in [2.24, 2.45) is 5.92 Å². The van der Waals surface area contributed by atoms with Crippen LogP contribution in [-0.2, 0) is 9.53 Å². The summed E-state index contributed by atoms with van der Waals surface area (Å²) in [5, 5.41) is 3.35. The molecule has 1 heterocycles. The van der Waals surface area contributed by atoms with E-state index >= 15 is 0 Å². The number of carbonyl (C=O) groups excluding carboxylic acids is 1. The minimum absolute atomic E-state index is 0.532. The summed E-state index contributed by atoms with van der Waals surface area (Å²) in [7, 11) is 0. The van der Waals surface area contributed by atoms with Crippen molar-refractivity contribution < 1.29 is 9.53 Å². The molecule has 0 bridgehead atoms. The number of rotatable bonds is 6. The molecule has 0 atom stereocenters. The van der Waals surface area contributed by atoms with Crippen LogP contribution in [0.1, 0.15) is 32.1 Å². The van der Waals surface area contributed by atoms with Crippen LogP contribution in [0.15, 0.2) is 0 Å². The zero-order valence-corrected chi connectivity index (χ0v) is 8.13. The molecule has 1 saturated heterocycles. The number of hydrogen-bond donors (Lipinski definition) is 1. The molecule has 0 saturated carbocycles. The van der Waals surface area contributed by atoms with Gasteiger partial charge in [0.2, 0.25) is 0 Å². The topological polar surface area (TPSA) is 38.3 Å². The molecule has 0 spiro atoms. The van der Waals surface area contributed by atoms with Gasteiger partial charge in [-0.25, -0.2) is 0 Å². The van der Waals surface area contributed by atoms with Gasteiger partial charge in [-0.2, -0.15) is 0 Å². The Hall–Kier alpha value is -0.570. The van der Waals surface area contributed by atoms with Crippen LogP contribution in [0.2, 0.25) is 0 Å². The van der Waals surface area contributed by atoms with Gasteiger partial charge in [-0.1, -0.05) is 6.42 Å². The van der Waals surface area contributed by atoms with Crippen LogP contribution >= 0.6 is 0 Å². The van der Waals surface area contributed by atoms with Crippen LogP contribution in [0.25, 0.3) is 0 Å². The molecule has 0 aromatic carbocycles. The second kappa shape index (κ2) is 6.89. The molecule has 0 aromatic heterocycles. The normalized spacial score (nSPS) is 18.5. The summed E-state index contributed by atoms with van der Waals surface area (Å²) in [6.07, 6.45) is 6.13. The van der Waals surface area contributed by atoms with Crippen LogP contribution in [-0.4, -0.2) is 26.2 Å². The van der Waals surface area contributed by atoms with Gasteiger partial charge in [0.05, 0.1) is 6.61 Å². The van der Waals surface area contributed by atoms with Crippen LogP contribution in [0.4, 0.5) is 0 Å². The summed E-state index contributed by atoms with van der Waals surface area (Å²) in [4.78, 5) is 9.84. The Labute approximate surface area is 79.8 Å². The third-order valence-corrected chi connectivity index (χ3v) is 2.65. The number of nitrogens with one attached hydrogen (secondary N) is 1. The zero-order valence-electron chi connectivity index (χ0n) is 8.13. The minimum Gasteiger partial charge on any atom is -0.468 e. The van der Waals surface area contributed by atoms with Gasteiger partial charge in [0, 0.05) is 0 Å². The first-order valence-electron chi connectivity index (χ1n) is 5.19. The van der Waals surface area contributed by atoms with Crippen LogP contribution < -0.4 is 5.32 Å². The third kappa shape index (κ3) is 4.88. The van der Waals surface area contributed by atoms with Crippen molar-refractivity contribution in [2.45, 2.75) is 32.1 Å². The van der Waals surface area contributed by atoms with Crippen LogP contribution in [0.3, 0.4) is 0 Å². The Morgan fingerprint density at radius 3 is 2.77 bits per heavy atom. The molecule has 1 rings (SSSR count). The Morgan fingerprint density at radius 1 is 1.31 bits per heavy atom. The first kappa shape index (κ1) is 10.5. The van der Waals surface area contributed by atoms with Crippen molar-refractivity contribution in [3.05, 3.63) is 0 Å². The lowest BCUT2D eigenvalue weighted by atomic mass is 9.93. The maximum Gasteiger partial charge on any atom is 0.293 e. The first-order chi connectivity index (χ1) is 6.43. The van der Waals surface area contributed by atoms with Crippen molar-refractivity contribution in [3.8, 4) is 0 Å². The second-order valence-corrected chi connectivity index (χ2v) is 3.66. The minimum atomic E-state index is 0.532. The Kier molecular flexibility index (Phi) is 5.57. The maximum absolute atomic E-state index is 9.84. The summed E-state index contributed by atoms with van der Waals surface area (Å²) in [5.41, 5.74) is 0. The lowest BCUT2D eigenvalue weighted by molar-refractivity contribution is -0.128. The van der Waals surface area contributed by atoms with Crippen molar-refractivity contribution in [2.75, 3.05) is 19.7 Å². The highest BCUT2D eigenvalue weighted by Crippen LogP contribution is 2.18. The summed E-state index contributed by atoms with van der Waals surface area (Å²) < 4.78 is 4.63. The molecule has 1 fully saturated rings. The van der Waals surface area contributed by atoms with E-state index in [1.807, 2.05) is 0 Å². The monoisotopic (exact) mass is 185 g/mol. The molecule has 13 heavy (non-hydrogen) atoms. The summed E-state index contributed by atoms with van der Waals surface area (Å²) in [6.45, 7) is 3.48. The van der Waals surface area contributed by atoms with Crippen molar-refractivity contribution in [1.82, 2.24) is 5.32 Å². The number of carbonyl (C=O) groups is 1. The van der Waals surface area contributed by atoms with Crippen molar-refractivity contribution in [1.29, 1.82) is 0 Å². The molecule has 1 aliphatic rings. The molecule has 76 valence electrons. The highest BCUT2D eigenvalue weighted by atomic mass is 16.5. The molecular weight excluding hydrogens is 166 g/mol. The van der Waals surface area contributed by atoms with Crippen molar-refractivity contribution >= 4 is 6.47 Å². The smallest absolute Gasteiger partial charge is 0.293 e. The molecule has 1 N–H and O–H groups in total. The predicted molar refractivity (Wildman–Crippen MR) is 51.5 cm³/mol. The Bertz CT molecular complexity index is 133. The van der Waals surface area contributed by atoms with E-state index in [9.17, 15) is 4.79 Å². The first-order valence-corrected chi connectivity index (χ1v) is 5.19. The van der Waals surface area contributed by atoms with E-state index < -0.39 is 0 Å². The molecule has 3 nitrogen and oxygen atoms in total. The van der Waals surface area contributed by atoms with E-state index in [4.69, 9.17) is 0 Å².